The van der Waals surface area contributed by atoms with E-state index in [1.807, 2.05) is 43.3 Å². The number of rotatable bonds is 11. The van der Waals surface area contributed by atoms with Crippen molar-refractivity contribution >= 4 is 39.3 Å². The predicted molar refractivity (Wildman–Crippen MR) is 142 cm³/mol. The van der Waals surface area contributed by atoms with E-state index < -0.39 is 15.9 Å². The molecule has 0 saturated heterocycles. The number of nitrogens with zero attached hydrogens (tertiary/aromatic N) is 1. The Kier molecular flexibility index (Phi) is 9.52. The predicted octanol–water partition coefficient (Wildman–Crippen LogP) is 6.91. The maximum Gasteiger partial charge on any atom is 0.271 e. The van der Waals surface area contributed by atoms with E-state index in [9.17, 15) is 13.2 Å². The van der Waals surface area contributed by atoms with Gasteiger partial charge in [0, 0.05) is 16.7 Å². The summed E-state index contributed by atoms with van der Waals surface area (Å²) in [6, 6.07) is 20.1. The summed E-state index contributed by atoms with van der Waals surface area (Å²) in [5, 5.41) is 0.408. The number of benzene rings is 3. The zero-order valence-corrected chi connectivity index (χ0v) is 21.6. The summed E-state index contributed by atoms with van der Waals surface area (Å²) in [5.41, 5.74) is 2.04. The van der Waals surface area contributed by atoms with Crippen molar-refractivity contribution in [1.29, 1.82) is 0 Å². The summed E-state index contributed by atoms with van der Waals surface area (Å²) in [4.78, 5) is 13.4. The largest absolute Gasteiger partial charge is 0.493 e. The lowest BCUT2D eigenvalue weighted by Crippen LogP contribution is -2.35. The minimum Gasteiger partial charge on any atom is -0.493 e. The topological polar surface area (TPSA) is 63.7 Å². The third-order valence-corrected chi connectivity index (χ3v) is 7.32. The molecule has 0 atom stereocenters. The van der Waals surface area contributed by atoms with Gasteiger partial charge in [0.2, 0.25) is 0 Å². The third-order valence-electron chi connectivity index (χ3n) is 5.33. The van der Waals surface area contributed by atoms with Gasteiger partial charge in [0.25, 0.3) is 15.9 Å². The SMILES string of the molecule is CCCCc1ccc(N(C(=O)/C=C/c2ccccc2OCCC)S(=O)(=O)c2ccc(Cl)cc2)cc1. The van der Waals surface area contributed by atoms with Crippen LogP contribution in [0.25, 0.3) is 6.08 Å². The Labute approximate surface area is 213 Å². The highest BCUT2D eigenvalue weighted by molar-refractivity contribution is 7.93. The monoisotopic (exact) mass is 511 g/mol. The van der Waals surface area contributed by atoms with Gasteiger partial charge in [-0.1, -0.05) is 62.2 Å². The number of halogens is 1. The first-order valence-electron chi connectivity index (χ1n) is 11.7. The minimum atomic E-state index is -4.19. The Morgan fingerprint density at radius 3 is 2.29 bits per heavy atom. The first kappa shape index (κ1) is 26.5. The molecule has 0 unspecified atom stereocenters. The van der Waals surface area contributed by atoms with E-state index in [4.69, 9.17) is 16.3 Å². The third kappa shape index (κ3) is 6.96. The number of sulfonamides is 1. The lowest BCUT2D eigenvalue weighted by Gasteiger charge is -2.22. The molecule has 0 radical (unpaired) electrons. The average molecular weight is 512 g/mol. The van der Waals surface area contributed by atoms with Gasteiger partial charge >= 0.3 is 0 Å². The highest BCUT2D eigenvalue weighted by Crippen LogP contribution is 2.27. The second-order valence-electron chi connectivity index (χ2n) is 8.05. The summed E-state index contributed by atoms with van der Waals surface area (Å²) < 4.78 is 33.7. The van der Waals surface area contributed by atoms with Gasteiger partial charge in [0.1, 0.15) is 5.75 Å². The average Bonchev–Trinajstić information content (AvgIpc) is 2.86. The fourth-order valence-electron chi connectivity index (χ4n) is 3.47. The van der Waals surface area contributed by atoms with Crippen LogP contribution in [-0.4, -0.2) is 20.9 Å². The van der Waals surface area contributed by atoms with E-state index in [1.54, 1.807) is 18.2 Å². The molecule has 35 heavy (non-hydrogen) atoms. The number of hydrogen-bond acceptors (Lipinski definition) is 4. The number of aryl methyl sites for hydroxylation is 1. The number of unbranched alkanes of at least 4 members (excludes halogenated alkanes) is 1. The summed E-state index contributed by atoms with van der Waals surface area (Å²) in [6.07, 6.45) is 6.67. The van der Waals surface area contributed by atoms with Crippen molar-refractivity contribution in [2.75, 3.05) is 10.9 Å². The Balaban J connectivity index is 1.99. The maximum atomic E-state index is 13.6. The van der Waals surface area contributed by atoms with Crippen LogP contribution in [0.15, 0.2) is 83.8 Å². The Bertz CT molecular complexity index is 1250. The molecule has 0 aliphatic rings. The molecule has 0 heterocycles. The van der Waals surface area contributed by atoms with Crippen LogP contribution in [0.1, 0.15) is 44.2 Å². The number of ether oxygens (including phenoxy) is 1. The number of hydrogen-bond donors (Lipinski definition) is 0. The van der Waals surface area contributed by atoms with Crippen LogP contribution in [0.4, 0.5) is 5.69 Å². The zero-order valence-electron chi connectivity index (χ0n) is 20.0. The van der Waals surface area contributed by atoms with Gasteiger partial charge in [-0.25, -0.2) is 8.42 Å². The van der Waals surface area contributed by atoms with Crippen LogP contribution in [0.3, 0.4) is 0 Å². The number of carbonyl (C=O) groups is 1. The maximum absolute atomic E-state index is 13.6. The molecule has 0 N–H and O–H groups in total. The first-order chi connectivity index (χ1) is 16.9. The molecule has 0 bridgehead atoms. The van der Waals surface area contributed by atoms with Crippen LogP contribution >= 0.6 is 11.6 Å². The smallest absolute Gasteiger partial charge is 0.271 e. The van der Waals surface area contributed by atoms with Crippen LogP contribution in [0, 0.1) is 0 Å². The van der Waals surface area contributed by atoms with E-state index in [-0.39, 0.29) is 10.6 Å². The summed E-state index contributed by atoms with van der Waals surface area (Å²) in [7, 11) is -4.19. The molecule has 7 heteroatoms. The lowest BCUT2D eigenvalue weighted by atomic mass is 10.1. The fourth-order valence-corrected chi connectivity index (χ4v) is 4.98. The van der Waals surface area contributed by atoms with Crippen LogP contribution in [0.5, 0.6) is 5.75 Å². The van der Waals surface area contributed by atoms with Crippen molar-refractivity contribution in [2.45, 2.75) is 44.4 Å². The van der Waals surface area contributed by atoms with Crippen molar-refractivity contribution in [2.24, 2.45) is 0 Å². The fraction of sp³-hybridized carbons (Fsp3) is 0.250. The molecule has 3 aromatic carbocycles. The van der Waals surface area contributed by atoms with Crippen molar-refractivity contribution in [3.63, 3.8) is 0 Å². The van der Waals surface area contributed by atoms with Gasteiger partial charge in [-0.05, 0) is 73.4 Å². The van der Waals surface area contributed by atoms with Crippen molar-refractivity contribution < 1.29 is 17.9 Å². The molecule has 0 fully saturated rings. The molecule has 0 aliphatic heterocycles. The molecular weight excluding hydrogens is 482 g/mol. The van der Waals surface area contributed by atoms with Gasteiger partial charge in [-0.3, -0.25) is 4.79 Å². The minimum absolute atomic E-state index is 0.0228. The number of para-hydroxylation sites is 1. The van der Waals surface area contributed by atoms with Gasteiger partial charge in [-0.2, -0.15) is 4.31 Å². The molecule has 0 aromatic heterocycles. The van der Waals surface area contributed by atoms with E-state index >= 15 is 0 Å². The van der Waals surface area contributed by atoms with Crippen molar-refractivity contribution in [3.05, 3.63) is 95.0 Å². The van der Waals surface area contributed by atoms with Gasteiger partial charge in [-0.15, -0.1) is 0 Å². The molecule has 3 aromatic rings. The lowest BCUT2D eigenvalue weighted by molar-refractivity contribution is -0.113. The normalized spacial score (nSPS) is 11.5. The summed E-state index contributed by atoms with van der Waals surface area (Å²) >= 11 is 5.95. The molecule has 5 nitrogen and oxygen atoms in total. The van der Waals surface area contributed by atoms with Crippen LogP contribution in [-0.2, 0) is 21.2 Å². The first-order valence-corrected chi connectivity index (χ1v) is 13.5. The highest BCUT2D eigenvalue weighted by atomic mass is 35.5. The Morgan fingerprint density at radius 2 is 1.63 bits per heavy atom. The van der Waals surface area contributed by atoms with Crippen LogP contribution in [0.2, 0.25) is 5.02 Å². The van der Waals surface area contributed by atoms with E-state index in [0.29, 0.717) is 22.9 Å². The van der Waals surface area contributed by atoms with Gasteiger partial charge in [0.15, 0.2) is 0 Å². The number of carbonyl (C=O) groups excluding carboxylic acids is 1. The molecular formula is C28H30ClNO4S. The molecule has 3 rings (SSSR count). The molecule has 1 amide bonds. The number of amides is 1. The Hall–Kier alpha value is -3.09. The van der Waals surface area contributed by atoms with Gasteiger partial charge in [0.05, 0.1) is 17.2 Å². The zero-order chi connectivity index (χ0) is 25.3. The summed E-state index contributed by atoms with van der Waals surface area (Å²) in [5.74, 6) is -0.0580. The van der Waals surface area contributed by atoms with Crippen molar-refractivity contribution in [3.8, 4) is 5.75 Å². The van der Waals surface area contributed by atoms with Gasteiger partial charge < -0.3 is 4.74 Å². The van der Waals surface area contributed by atoms with E-state index in [1.165, 1.54) is 30.3 Å². The quantitative estimate of drug-likeness (QED) is 0.262. The second-order valence-corrected chi connectivity index (χ2v) is 10.3. The number of anilines is 1. The van der Waals surface area contributed by atoms with Crippen LogP contribution < -0.4 is 9.04 Å². The molecule has 184 valence electrons. The molecule has 0 spiro atoms. The second kappa shape index (κ2) is 12.6. The van der Waals surface area contributed by atoms with E-state index in [0.717, 1.165) is 35.6 Å². The summed E-state index contributed by atoms with van der Waals surface area (Å²) in [6.45, 7) is 4.67. The highest BCUT2D eigenvalue weighted by Gasteiger charge is 2.29. The van der Waals surface area contributed by atoms with E-state index in [2.05, 4.69) is 6.92 Å². The molecule has 0 saturated carbocycles. The van der Waals surface area contributed by atoms with Crippen molar-refractivity contribution in [1.82, 2.24) is 0 Å². The Morgan fingerprint density at radius 1 is 0.943 bits per heavy atom. The standard InChI is InChI=1S/C28H30ClNO4S/c1-3-5-8-22-11-16-25(17-12-22)30(35(32,33)26-18-14-24(29)15-19-26)28(31)20-13-23-9-6-7-10-27(23)34-21-4-2/h6-7,9-20H,3-5,8,21H2,1-2H3/b20-13+. The molecule has 0 aliphatic carbocycles.